The van der Waals surface area contributed by atoms with Gasteiger partial charge in [-0.15, -0.1) is 0 Å². The van der Waals surface area contributed by atoms with Crippen LogP contribution >= 0.6 is 0 Å². The molecular formula is C16H23NO3. The highest BCUT2D eigenvalue weighted by Gasteiger charge is 2.27. The fraction of sp³-hybridized carbons (Fsp3) is 0.562. The van der Waals surface area contributed by atoms with Gasteiger partial charge >= 0.3 is 0 Å². The van der Waals surface area contributed by atoms with Crippen molar-refractivity contribution in [2.75, 3.05) is 19.8 Å². The number of rotatable bonds is 3. The Bertz CT molecular complexity index is 487. The average molecular weight is 277 g/mol. The van der Waals surface area contributed by atoms with E-state index in [0.29, 0.717) is 13.2 Å². The first-order valence-corrected chi connectivity index (χ1v) is 7.08. The van der Waals surface area contributed by atoms with Crippen LogP contribution in [0.4, 0.5) is 0 Å². The van der Waals surface area contributed by atoms with E-state index in [2.05, 4.69) is 6.07 Å². The summed E-state index contributed by atoms with van der Waals surface area (Å²) in [5.74, 6) is 0.797. The summed E-state index contributed by atoms with van der Waals surface area (Å²) >= 11 is 0. The number of benzene rings is 1. The molecule has 2 rings (SSSR count). The van der Waals surface area contributed by atoms with Crippen LogP contribution in [0.25, 0.3) is 0 Å². The average Bonchev–Trinajstić information content (AvgIpc) is 2.40. The lowest BCUT2D eigenvalue weighted by Gasteiger charge is -2.36. The van der Waals surface area contributed by atoms with Crippen molar-refractivity contribution in [1.29, 1.82) is 0 Å². The molecule has 0 spiro atoms. The number of carbonyl (C=O) groups is 1. The van der Waals surface area contributed by atoms with Gasteiger partial charge in [-0.3, -0.25) is 4.79 Å². The Morgan fingerprint density at radius 1 is 1.40 bits per heavy atom. The van der Waals surface area contributed by atoms with Gasteiger partial charge in [0.2, 0.25) is 0 Å². The van der Waals surface area contributed by atoms with Crippen LogP contribution in [0.15, 0.2) is 18.2 Å². The summed E-state index contributed by atoms with van der Waals surface area (Å²) in [6.07, 6.45) is 0.0938. The fourth-order valence-electron chi connectivity index (χ4n) is 2.43. The van der Waals surface area contributed by atoms with E-state index in [1.807, 2.05) is 44.7 Å². The predicted octanol–water partition coefficient (Wildman–Crippen LogP) is 2.32. The van der Waals surface area contributed by atoms with E-state index in [-0.39, 0.29) is 24.7 Å². The smallest absolute Gasteiger partial charge is 0.260 e. The highest BCUT2D eigenvalue weighted by molar-refractivity contribution is 5.78. The summed E-state index contributed by atoms with van der Waals surface area (Å²) in [5, 5.41) is 0. The number of aryl methyl sites for hydroxylation is 2. The number of nitrogens with zero attached hydrogens (tertiary/aromatic N) is 1. The number of morpholine rings is 1. The van der Waals surface area contributed by atoms with Crippen LogP contribution in [0.3, 0.4) is 0 Å². The Morgan fingerprint density at radius 3 is 2.85 bits per heavy atom. The van der Waals surface area contributed by atoms with Gasteiger partial charge in [0.05, 0.1) is 18.8 Å². The Morgan fingerprint density at radius 2 is 2.15 bits per heavy atom. The van der Waals surface area contributed by atoms with Gasteiger partial charge in [-0.2, -0.15) is 0 Å². The van der Waals surface area contributed by atoms with Crippen molar-refractivity contribution >= 4 is 5.91 Å². The standard InChI is InChI=1S/C16H23NO3/c1-11-5-6-15(12(2)7-11)20-10-16(18)17-8-14(4)19-9-13(17)3/h5-7,13-14H,8-10H2,1-4H3. The quantitative estimate of drug-likeness (QED) is 0.851. The molecule has 2 unspecified atom stereocenters. The summed E-state index contributed by atoms with van der Waals surface area (Å²) in [5.41, 5.74) is 2.25. The maximum atomic E-state index is 12.3. The molecule has 1 aromatic rings. The van der Waals surface area contributed by atoms with Crippen molar-refractivity contribution in [3.8, 4) is 5.75 Å². The molecule has 1 amide bonds. The molecule has 110 valence electrons. The van der Waals surface area contributed by atoms with Crippen molar-refractivity contribution in [3.63, 3.8) is 0 Å². The Hall–Kier alpha value is -1.55. The summed E-state index contributed by atoms with van der Waals surface area (Å²) in [6.45, 7) is 9.33. The van der Waals surface area contributed by atoms with Crippen LogP contribution in [-0.4, -0.2) is 42.7 Å². The van der Waals surface area contributed by atoms with E-state index >= 15 is 0 Å². The minimum absolute atomic E-state index is 0.0209. The lowest BCUT2D eigenvalue weighted by atomic mass is 10.1. The first-order valence-electron chi connectivity index (χ1n) is 7.08. The van der Waals surface area contributed by atoms with Crippen molar-refractivity contribution < 1.29 is 14.3 Å². The van der Waals surface area contributed by atoms with E-state index in [1.165, 1.54) is 5.56 Å². The number of hydrogen-bond acceptors (Lipinski definition) is 3. The molecule has 20 heavy (non-hydrogen) atoms. The van der Waals surface area contributed by atoms with Gasteiger partial charge in [-0.25, -0.2) is 0 Å². The van der Waals surface area contributed by atoms with E-state index in [0.717, 1.165) is 11.3 Å². The molecule has 0 saturated carbocycles. The van der Waals surface area contributed by atoms with Gasteiger partial charge in [-0.1, -0.05) is 17.7 Å². The predicted molar refractivity (Wildman–Crippen MR) is 78.0 cm³/mol. The van der Waals surface area contributed by atoms with Crippen LogP contribution < -0.4 is 4.74 Å². The summed E-state index contributed by atoms with van der Waals surface area (Å²) < 4.78 is 11.2. The van der Waals surface area contributed by atoms with E-state index in [4.69, 9.17) is 9.47 Å². The van der Waals surface area contributed by atoms with E-state index in [1.54, 1.807) is 0 Å². The SMILES string of the molecule is Cc1ccc(OCC(=O)N2CC(C)OCC2C)c(C)c1. The van der Waals surface area contributed by atoms with E-state index in [9.17, 15) is 4.79 Å². The van der Waals surface area contributed by atoms with Gasteiger partial charge in [0.15, 0.2) is 6.61 Å². The van der Waals surface area contributed by atoms with Crippen molar-refractivity contribution in [3.05, 3.63) is 29.3 Å². The first kappa shape index (κ1) is 14.9. The lowest BCUT2D eigenvalue weighted by Crippen LogP contribution is -2.51. The topological polar surface area (TPSA) is 38.8 Å². The van der Waals surface area contributed by atoms with Crippen LogP contribution in [0, 0.1) is 13.8 Å². The molecule has 1 aromatic carbocycles. The number of ether oxygens (including phenoxy) is 2. The fourth-order valence-corrected chi connectivity index (χ4v) is 2.43. The number of hydrogen-bond donors (Lipinski definition) is 0. The molecule has 1 heterocycles. The monoisotopic (exact) mass is 277 g/mol. The van der Waals surface area contributed by atoms with Crippen LogP contribution in [0.5, 0.6) is 5.75 Å². The molecule has 0 radical (unpaired) electrons. The molecule has 4 heteroatoms. The summed E-state index contributed by atoms with van der Waals surface area (Å²) in [6, 6.07) is 6.08. The third-order valence-electron chi connectivity index (χ3n) is 3.61. The third-order valence-corrected chi connectivity index (χ3v) is 3.61. The number of amides is 1. The van der Waals surface area contributed by atoms with Gasteiger partial charge in [0.1, 0.15) is 5.75 Å². The summed E-state index contributed by atoms with van der Waals surface area (Å²) in [4.78, 5) is 14.1. The second-order valence-corrected chi connectivity index (χ2v) is 5.60. The van der Waals surface area contributed by atoms with Gasteiger partial charge < -0.3 is 14.4 Å². The molecule has 0 N–H and O–H groups in total. The summed E-state index contributed by atoms with van der Waals surface area (Å²) in [7, 11) is 0. The Kier molecular flexibility index (Phi) is 4.65. The zero-order valence-corrected chi connectivity index (χ0v) is 12.7. The second-order valence-electron chi connectivity index (χ2n) is 5.60. The number of carbonyl (C=O) groups excluding carboxylic acids is 1. The Balaban J connectivity index is 1.94. The molecule has 2 atom stereocenters. The Labute approximate surface area is 120 Å². The molecule has 0 aromatic heterocycles. The highest BCUT2D eigenvalue weighted by atomic mass is 16.5. The first-order chi connectivity index (χ1) is 9.47. The normalized spacial score (nSPS) is 22.7. The van der Waals surface area contributed by atoms with Crippen molar-refractivity contribution in [2.45, 2.75) is 39.8 Å². The van der Waals surface area contributed by atoms with E-state index < -0.39 is 0 Å². The zero-order valence-electron chi connectivity index (χ0n) is 12.7. The van der Waals surface area contributed by atoms with Crippen molar-refractivity contribution in [1.82, 2.24) is 4.90 Å². The molecule has 0 aliphatic carbocycles. The highest BCUT2D eigenvalue weighted by Crippen LogP contribution is 2.19. The lowest BCUT2D eigenvalue weighted by molar-refractivity contribution is -0.145. The van der Waals surface area contributed by atoms with Crippen LogP contribution in [-0.2, 0) is 9.53 Å². The largest absolute Gasteiger partial charge is 0.484 e. The molecule has 4 nitrogen and oxygen atoms in total. The molecule has 1 fully saturated rings. The maximum absolute atomic E-state index is 12.3. The van der Waals surface area contributed by atoms with Gasteiger partial charge in [-0.05, 0) is 39.3 Å². The van der Waals surface area contributed by atoms with Crippen LogP contribution in [0.2, 0.25) is 0 Å². The molecule has 1 aliphatic rings. The van der Waals surface area contributed by atoms with Crippen molar-refractivity contribution in [2.24, 2.45) is 0 Å². The van der Waals surface area contributed by atoms with Gasteiger partial charge in [0, 0.05) is 6.54 Å². The second kappa shape index (κ2) is 6.27. The minimum atomic E-state index is 0.0209. The minimum Gasteiger partial charge on any atom is -0.484 e. The molecular weight excluding hydrogens is 254 g/mol. The van der Waals surface area contributed by atoms with Crippen LogP contribution in [0.1, 0.15) is 25.0 Å². The molecule has 1 aliphatic heterocycles. The van der Waals surface area contributed by atoms with Gasteiger partial charge in [0.25, 0.3) is 5.91 Å². The molecule has 0 bridgehead atoms. The third kappa shape index (κ3) is 3.51. The molecule has 1 saturated heterocycles. The maximum Gasteiger partial charge on any atom is 0.260 e. The zero-order chi connectivity index (χ0) is 14.7.